The molecular formula is C18H27BrN2O2. The SMILES string of the molecule is CC(C)(C)OC(=O)N1CC[C@@H](CNCCc2ccc(Br)cc2)C1. The molecule has 0 radical (unpaired) electrons. The van der Waals surface area contributed by atoms with E-state index in [-0.39, 0.29) is 6.09 Å². The number of benzene rings is 1. The van der Waals surface area contributed by atoms with Crippen LogP contribution in [0.5, 0.6) is 0 Å². The van der Waals surface area contributed by atoms with Crippen LogP contribution in [-0.2, 0) is 11.2 Å². The molecule has 1 saturated heterocycles. The number of rotatable bonds is 5. The molecule has 1 fully saturated rings. The Morgan fingerprint density at radius 2 is 2.04 bits per heavy atom. The molecule has 1 aliphatic heterocycles. The van der Waals surface area contributed by atoms with E-state index in [2.05, 4.69) is 45.5 Å². The molecule has 1 aromatic rings. The van der Waals surface area contributed by atoms with Crippen molar-refractivity contribution in [3.63, 3.8) is 0 Å². The molecule has 2 rings (SSSR count). The number of likely N-dealkylation sites (tertiary alicyclic amines) is 1. The van der Waals surface area contributed by atoms with Gasteiger partial charge in [0.1, 0.15) is 5.60 Å². The first kappa shape index (κ1) is 18.3. The Bertz CT molecular complexity index is 511. The van der Waals surface area contributed by atoms with E-state index < -0.39 is 5.60 Å². The maximum absolute atomic E-state index is 12.0. The van der Waals surface area contributed by atoms with Gasteiger partial charge in [-0.25, -0.2) is 4.79 Å². The second-order valence-electron chi connectivity index (χ2n) is 7.16. The van der Waals surface area contributed by atoms with Crippen molar-refractivity contribution in [3.8, 4) is 0 Å². The first-order valence-corrected chi connectivity index (χ1v) is 9.06. The standard InChI is InChI=1S/C18H27BrN2O2/c1-18(2,3)23-17(22)21-11-9-15(13-21)12-20-10-8-14-4-6-16(19)7-5-14/h4-7,15,20H,8-13H2,1-3H3/t15-/m0/s1. The minimum absolute atomic E-state index is 0.185. The average Bonchev–Trinajstić information content (AvgIpc) is 2.93. The summed E-state index contributed by atoms with van der Waals surface area (Å²) in [7, 11) is 0. The number of halogens is 1. The molecular weight excluding hydrogens is 356 g/mol. The molecule has 0 saturated carbocycles. The van der Waals surface area contributed by atoms with Crippen LogP contribution in [0, 0.1) is 5.92 Å². The summed E-state index contributed by atoms with van der Waals surface area (Å²) < 4.78 is 6.54. The first-order valence-electron chi connectivity index (χ1n) is 8.26. The summed E-state index contributed by atoms with van der Waals surface area (Å²) in [6.07, 6.45) is 1.88. The maximum atomic E-state index is 12.0. The topological polar surface area (TPSA) is 41.6 Å². The number of amides is 1. The summed E-state index contributed by atoms with van der Waals surface area (Å²) in [6, 6.07) is 8.44. The Labute approximate surface area is 147 Å². The summed E-state index contributed by atoms with van der Waals surface area (Å²) in [6.45, 7) is 9.22. The molecule has 0 bridgehead atoms. The van der Waals surface area contributed by atoms with Crippen molar-refractivity contribution in [1.82, 2.24) is 10.2 Å². The van der Waals surface area contributed by atoms with Crippen LogP contribution in [0.25, 0.3) is 0 Å². The van der Waals surface area contributed by atoms with Gasteiger partial charge in [-0.3, -0.25) is 0 Å². The minimum atomic E-state index is -0.419. The number of hydrogen-bond donors (Lipinski definition) is 1. The van der Waals surface area contributed by atoms with Crippen molar-refractivity contribution in [2.75, 3.05) is 26.2 Å². The van der Waals surface area contributed by atoms with Crippen LogP contribution in [0.4, 0.5) is 4.79 Å². The van der Waals surface area contributed by atoms with Crippen LogP contribution in [0.15, 0.2) is 28.7 Å². The van der Waals surface area contributed by atoms with E-state index >= 15 is 0 Å². The zero-order valence-corrected chi connectivity index (χ0v) is 15.9. The molecule has 1 atom stereocenters. The molecule has 5 heteroatoms. The van der Waals surface area contributed by atoms with Crippen LogP contribution < -0.4 is 5.32 Å². The second-order valence-corrected chi connectivity index (χ2v) is 8.08. The molecule has 0 aromatic heterocycles. The van der Waals surface area contributed by atoms with E-state index in [1.165, 1.54) is 5.56 Å². The van der Waals surface area contributed by atoms with Gasteiger partial charge in [-0.2, -0.15) is 0 Å². The highest BCUT2D eigenvalue weighted by atomic mass is 79.9. The third-order valence-electron chi connectivity index (χ3n) is 3.87. The van der Waals surface area contributed by atoms with Crippen LogP contribution >= 0.6 is 15.9 Å². The smallest absolute Gasteiger partial charge is 0.410 e. The zero-order valence-electron chi connectivity index (χ0n) is 14.3. The van der Waals surface area contributed by atoms with Crippen molar-refractivity contribution in [2.45, 2.75) is 39.2 Å². The van der Waals surface area contributed by atoms with E-state index in [1.54, 1.807) is 0 Å². The lowest BCUT2D eigenvalue weighted by Gasteiger charge is -2.24. The summed E-state index contributed by atoms with van der Waals surface area (Å²) in [5.74, 6) is 0.521. The Balaban J connectivity index is 1.64. The molecule has 1 aliphatic rings. The van der Waals surface area contributed by atoms with E-state index in [9.17, 15) is 4.79 Å². The summed E-state index contributed by atoms with van der Waals surface area (Å²) in [5.41, 5.74) is 0.917. The average molecular weight is 383 g/mol. The Morgan fingerprint density at radius 1 is 1.35 bits per heavy atom. The lowest BCUT2D eigenvalue weighted by molar-refractivity contribution is 0.0288. The first-order chi connectivity index (χ1) is 10.8. The van der Waals surface area contributed by atoms with Gasteiger partial charge < -0.3 is 15.0 Å². The molecule has 23 heavy (non-hydrogen) atoms. The van der Waals surface area contributed by atoms with E-state index in [1.807, 2.05) is 25.7 Å². The number of nitrogens with one attached hydrogen (secondary N) is 1. The number of hydrogen-bond acceptors (Lipinski definition) is 3. The number of carbonyl (C=O) groups is 1. The monoisotopic (exact) mass is 382 g/mol. The van der Waals surface area contributed by atoms with Gasteiger partial charge in [0.05, 0.1) is 0 Å². The van der Waals surface area contributed by atoms with Crippen LogP contribution in [-0.4, -0.2) is 42.8 Å². The highest BCUT2D eigenvalue weighted by Crippen LogP contribution is 2.19. The van der Waals surface area contributed by atoms with Gasteiger partial charge in [0.15, 0.2) is 0 Å². The quantitative estimate of drug-likeness (QED) is 0.786. The molecule has 0 aliphatic carbocycles. The van der Waals surface area contributed by atoms with Gasteiger partial charge in [-0.15, -0.1) is 0 Å². The molecule has 128 valence electrons. The summed E-state index contributed by atoms with van der Waals surface area (Å²) in [5, 5.41) is 3.51. The summed E-state index contributed by atoms with van der Waals surface area (Å²) in [4.78, 5) is 13.9. The predicted octanol–water partition coefficient (Wildman–Crippen LogP) is 3.84. The summed E-state index contributed by atoms with van der Waals surface area (Å²) >= 11 is 3.45. The van der Waals surface area contributed by atoms with Gasteiger partial charge in [-0.1, -0.05) is 28.1 Å². The minimum Gasteiger partial charge on any atom is -0.444 e. The van der Waals surface area contributed by atoms with Crippen molar-refractivity contribution >= 4 is 22.0 Å². The van der Waals surface area contributed by atoms with Gasteiger partial charge in [-0.05, 0) is 70.3 Å². The molecule has 1 N–H and O–H groups in total. The van der Waals surface area contributed by atoms with Crippen molar-refractivity contribution < 1.29 is 9.53 Å². The maximum Gasteiger partial charge on any atom is 0.410 e. The van der Waals surface area contributed by atoms with Crippen molar-refractivity contribution in [2.24, 2.45) is 5.92 Å². The van der Waals surface area contributed by atoms with E-state index in [4.69, 9.17) is 4.74 Å². The Morgan fingerprint density at radius 3 is 2.70 bits per heavy atom. The molecule has 0 spiro atoms. The van der Waals surface area contributed by atoms with Gasteiger partial charge in [0.2, 0.25) is 0 Å². The van der Waals surface area contributed by atoms with E-state index in [0.717, 1.165) is 43.5 Å². The predicted molar refractivity (Wildman–Crippen MR) is 96.6 cm³/mol. The highest BCUT2D eigenvalue weighted by molar-refractivity contribution is 9.10. The van der Waals surface area contributed by atoms with E-state index in [0.29, 0.717) is 5.92 Å². The normalized spacial score (nSPS) is 18.3. The van der Waals surface area contributed by atoms with Crippen LogP contribution in [0.3, 0.4) is 0 Å². The lowest BCUT2D eigenvalue weighted by Crippen LogP contribution is -2.36. The second kappa shape index (κ2) is 8.15. The number of nitrogens with zero attached hydrogens (tertiary/aromatic N) is 1. The fourth-order valence-corrected chi connectivity index (χ4v) is 2.95. The molecule has 1 heterocycles. The molecule has 1 aromatic carbocycles. The fraction of sp³-hybridized carbons (Fsp3) is 0.611. The number of carbonyl (C=O) groups excluding carboxylic acids is 1. The largest absolute Gasteiger partial charge is 0.444 e. The highest BCUT2D eigenvalue weighted by Gasteiger charge is 2.29. The third-order valence-corrected chi connectivity index (χ3v) is 4.40. The van der Waals surface area contributed by atoms with Gasteiger partial charge >= 0.3 is 6.09 Å². The zero-order chi connectivity index (χ0) is 16.9. The molecule has 0 unspecified atom stereocenters. The molecule has 4 nitrogen and oxygen atoms in total. The third kappa shape index (κ3) is 6.51. The molecule has 1 amide bonds. The lowest BCUT2D eigenvalue weighted by atomic mass is 10.1. The Hall–Kier alpha value is -1.07. The fourth-order valence-electron chi connectivity index (χ4n) is 2.68. The van der Waals surface area contributed by atoms with Gasteiger partial charge in [0, 0.05) is 17.6 Å². The van der Waals surface area contributed by atoms with Crippen LogP contribution in [0.1, 0.15) is 32.8 Å². The number of ether oxygens (including phenoxy) is 1. The Kier molecular flexibility index (Phi) is 6.48. The van der Waals surface area contributed by atoms with Crippen LogP contribution in [0.2, 0.25) is 0 Å². The van der Waals surface area contributed by atoms with Crippen molar-refractivity contribution in [1.29, 1.82) is 0 Å². The van der Waals surface area contributed by atoms with Gasteiger partial charge in [0.25, 0.3) is 0 Å². The van der Waals surface area contributed by atoms with Crippen molar-refractivity contribution in [3.05, 3.63) is 34.3 Å².